The molecule has 34 heavy (non-hydrogen) atoms. The highest BCUT2D eigenvalue weighted by Gasteiger charge is 2.33. The predicted octanol–water partition coefficient (Wildman–Crippen LogP) is 4.15. The van der Waals surface area contributed by atoms with Crippen molar-refractivity contribution in [1.82, 2.24) is 20.5 Å². The van der Waals surface area contributed by atoms with Gasteiger partial charge in [0.2, 0.25) is 11.8 Å². The molecule has 1 aliphatic rings. The number of aromatic nitrogens is 1. The number of hydrogen-bond acceptors (Lipinski definition) is 6. The van der Waals surface area contributed by atoms with Crippen molar-refractivity contribution in [2.75, 3.05) is 6.54 Å². The molecule has 0 aromatic carbocycles. The van der Waals surface area contributed by atoms with Crippen LogP contribution in [0.2, 0.25) is 0 Å². The first kappa shape index (κ1) is 24.1. The summed E-state index contributed by atoms with van der Waals surface area (Å²) in [5, 5.41) is 9.64. The molecule has 3 aromatic rings. The van der Waals surface area contributed by atoms with E-state index in [1.807, 2.05) is 29.0 Å². The Kier molecular flexibility index (Phi) is 8.43. The van der Waals surface area contributed by atoms with Crippen molar-refractivity contribution >= 4 is 40.4 Å². The van der Waals surface area contributed by atoms with Gasteiger partial charge in [0, 0.05) is 28.9 Å². The molecule has 2 N–H and O–H groups in total. The van der Waals surface area contributed by atoms with Gasteiger partial charge in [-0.05, 0) is 41.8 Å². The molecule has 1 fully saturated rings. The zero-order valence-electron chi connectivity index (χ0n) is 18.8. The van der Waals surface area contributed by atoms with Crippen molar-refractivity contribution in [2.24, 2.45) is 0 Å². The smallest absolute Gasteiger partial charge is 0.261 e. The van der Waals surface area contributed by atoms with E-state index in [-0.39, 0.29) is 36.9 Å². The summed E-state index contributed by atoms with van der Waals surface area (Å²) >= 11 is 2.84. The van der Waals surface area contributed by atoms with Crippen LogP contribution in [0.5, 0.6) is 0 Å². The van der Waals surface area contributed by atoms with Crippen molar-refractivity contribution in [1.29, 1.82) is 0 Å². The number of rotatable bonds is 9. The Morgan fingerprint density at radius 2 is 1.82 bits per heavy atom. The standard InChI is InChI=1S/C25H28N4O3S2/c30-22(16-27-24(31)21-11-6-14-34-21)29(17-20-10-5-13-33-20)23(18-7-4-12-26-15-18)25(32)28-19-8-2-1-3-9-19/h4-7,10-15,19,23H,1-3,8-9,16-17H2,(H,27,31)(H,28,32). The van der Waals surface area contributed by atoms with E-state index in [0.29, 0.717) is 10.4 Å². The van der Waals surface area contributed by atoms with Crippen molar-refractivity contribution in [3.63, 3.8) is 0 Å². The summed E-state index contributed by atoms with van der Waals surface area (Å²) in [5.74, 6) is -0.843. The van der Waals surface area contributed by atoms with E-state index in [1.165, 1.54) is 29.1 Å². The number of hydrogen-bond donors (Lipinski definition) is 2. The van der Waals surface area contributed by atoms with Gasteiger partial charge >= 0.3 is 0 Å². The van der Waals surface area contributed by atoms with Crippen LogP contribution in [0.3, 0.4) is 0 Å². The first-order chi connectivity index (χ1) is 16.6. The van der Waals surface area contributed by atoms with Crippen molar-refractivity contribution in [3.05, 3.63) is 74.9 Å². The van der Waals surface area contributed by atoms with Crippen LogP contribution in [-0.4, -0.2) is 40.2 Å². The molecule has 0 spiro atoms. The van der Waals surface area contributed by atoms with Gasteiger partial charge in [0.25, 0.3) is 5.91 Å². The topological polar surface area (TPSA) is 91.4 Å². The van der Waals surface area contributed by atoms with Crippen LogP contribution < -0.4 is 10.6 Å². The zero-order chi connectivity index (χ0) is 23.8. The third-order valence-corrected chi connectivity index (χ3v) is 7.61. The number of pyridine rings is 1. The second-order valence-corrected chi connectivity index (χ2v) is 10.3. The van der Waals surface area contributed by atoms with Crippen molar-refractivity contribution in [3.8, 4) is 0 Å². The SMILES string of the molecule is O=C(NCC(=O)N(Cc1cccs1)C(C(=O)NC1CCCCC1)c1cccnc1)c1cccs1. The molecule has 1 saturated carbocycles. The summed E-state index contributed by atoms with van der Waals surface area (Å²) in [6.07, 6.45) is 8.54. The van der Waals surface area contributed by atoms with Gasteiger partial charge in [-0.1, -0.05) is 37.5 Å². The molecule has 4 rings (SSSR count). The molecule has 1 aliphatic carbocycles. The van der Waals surface area contributed by atoms with Gasteiger partial charge in [0.1, 0.15) is 6.04 Å². The molecule has 7 nitrogen and oxygen atoms in total. The van der Waals surface area contributed by atoms with Crippen LogP contribution in [-0.2, 0) is 16.1 Å². The minimum atomic E-state index is -0.844. The maximum Gasteiger partial charge on any atom is 0.261 e. The Labute approximate surface area is 207 Å². The average Bonchev–Trinajstić information content (AvgIpc) is 3.58. The Morgan fingerprint density at radius 1 is 1.03 bits per heavy atom. The summed E-state index contributed by atoms with van der Waals surface area (Å²) in [6, 6.07) is 10.2. The Morgan fingerprint density at radius 3 is 2.50 bits per heavy atom. The lowest BCUT2D eigenvalue weighted by atomic mass is 9.95. The first-order valence-electron chi connectivity index (χ1n) is 11.5. The number of nitrogens with one attached hydrogen (secondary N) is 2. The number of nitrogens with zero attached hydrogens (tertiary/aromatic N) is 2. The molecule has 178 valence electrons. The molecule has 9 heteroatoms. The third kappa shape index (κ3) is 6.30. The van der Waals surface area contributed by atoms with E-state index in [2.05, 4.69) is 15.6 Å². The summed E-state index contributed by atoms with van der Waals surface area (Å²) in [4.78, 5) is 46.7. The normalized spacial score (nSPS) is 14.8. The Bertz CT molecular complexity index is 1070. The van der Waals surface area contributed by atoms with Crippen molar-refractivity contribution < 1.29 is 14.4 Å². The van der Waals surface area contributed by atoms with Crippen LogP contribution in [0.1, 0.15) is 58.3 Å². The molecule has 3 aromatic heterocycles. The predicted molar refractivity (Wildman–Crippen MR) is 134 cm³/mol. The van der Waals surface area contributed by atoms with E-state index in [1.54, 1.807) is 35.5 Å². The van der Waals surface area contributed by atoms with Gasteiger partial charge < -0.3 is 15.5 Å². The fourth-order valence-corrected chi connectivity index (χ4v) is 5.53. The molecule has 0 radical (unpaired) electrons. The molecule has 0 aliphatic heterocycles. The van der Waals surface area contributed by atoms with Gasteiger partial charge in [-0.2, -0.15) is 0 Å². The largest absolute Gasteiger partial charge is 0.351 e. The minimum absolute atomic E-state index is 0.109. The summed E-state index contributed by atoms with van der Waals surface area (Å²) in [7, 11) is 0. The lowest BCUT2D eigenvalue weighted by molar-refractivity contribution is -0.141. The lowest BCUT2D eigenvalue weighted by Crippen LogP contribution is -2.49. The Balaban J connectivity index is 1.58. The van der Waals surface area contributed by atoms with Gasteiger partial charge in [-0.25, -0.2) is 0 Å². The molecular formula is C25H28N4O3S2. The van der Waals surface area contributed by atoms with Crippen LogP contribution in [0.25, 0.3) is 0 Å². The van der Waals surface area contributed by atoms with Gasteiger partial charge in [-0.3, -0.25) is 19.4 Å². The maximum absolute atomic E-state index is 13.6. The van der Waals surface area contributed by atoms with E-state index in [9.17, 15) is 14.4 Å². The summed E-state index contributed by atoms with van der Waals surface area (Å²) in [5.41, 5.74) is 0.644. The second kappa shape index (κ2) is 11.9. The zero-order valence-corrected chi connectivity index (χ0v) is 20.4. The van der Waals surface area contributed by atoms with E-state index in [4.69, 9.17) is 0 Å². The van der Waals surface area contributed by atoms with Gasteiger partial charge in [0.15, 0.2) is 0 Å². The lowest BCUT2D eigenvalue weighted by Gasteiger charge is -2.33. The number of carbonyl (C=O) groups excluding carboxylic acids is 3. The van der Waals surface area contributed by atoms with Crippen LogP contribution in [0.4, 0.5) is 0 Å². The average molecular weight is 497 g/mol. The molecule has 0 saturated heterocycles. The number of amides is 3. The second-order valence-electron chi connectivity index (χ2n) is 8.29. The van der Waals surface area contributed by atoms with Crippen molar-refractivity contribution in [2.45, 2.75) is 50.7 Å². The van der Waals surface area contributed by atoms with Crippen LogP contribution >= 0.6 is 22.7 Å². The monoisotopic (exact) mass is 496 g/mol. The molecule has 1 atom stereocenters. The highest BCUT2D eigenvalue weighted by Crippen LogP contribution is 2.26. The van der Waals surface area contributed by atoms with Gasteiger partial charge in [0.05, 0.1) is 18.0 Å². The minimum Gasteiger partial charge on any atom is -0.351 e. The van der Waals surface area contributed by atoms with E-state index < -0.39 is 6.04 Å². The van der Waals surface area contributed by atoms with Crippen LogP contribution in [0, 0.1) is 0 Å². The number of thiophene rings is 2. The Hall–Kier alpha value is -3.04. The van der Waals surface area contributed by atoms with Crippen LogP contribution in [0.15, 0.2) is 59.6 Å². The quantitative estimate of drug-likeness (QED) is 0.466. The summed E-state index contributed by atoms with van der Waals surface area (Å²) < 4.78 is 0. The fourth-order valence-electron chi connectivity index (χ4n) is 4.18. The highest BCUT2D eigenvalue weighted by molar-refractivity contribution is 7.12. The first-order valence-corrected chi connectivity index (χ1v) is 13.2. The van der Waals surface area contributed by atoms with E-state index >= 15 is 0 Å². The fraction of sp³-hybridized carbons (Fsp3) is 0.360. The molecule has 3 heterocycles. The highest BCUT2D eigenvalue weighted by atomic mass is 32.1. The molecule has 3 amide bonds. The number of carbonyl (C=O) groups is 3. The molecule has 1 unspecified atom stereocenters. The summed E-state index contributed by atoms with van der Waals surface area (Å²) in [6.45, 7) is 0.0681. The molecule has 0 bridgehead atoms. The third-order valence-electron chi connectivity index (χ3n) is 5.88. The van der Waals surface area contributed by atoms with Gasteiger partial charge in [-0.15, -0.1) is 22.7 Å². The maximum atomic E-state index is 13.6. The van der Waals surface area contributed by atoms with E-state index in [0.717, 1.165) is 30.6 Å². The molecular weight excluding hydrogens is 468 g/mol.